The van der Waals surface area contributed by atoms with Gasteiger partial charge in [-0.2, -0.15) is 0 Å². The van der Waals surface area contributed by atoms with Crippen LogP contribution in [0.2, 0.25) is 0 Å². The van der Waals surface area contributed by atoms with Crippen LogP contribution in [0, 0.1) is 0 Å². The molecule has 0 bridgehead atoms. The van der Waals surface area contributed by atoms with E-state index in [1.54, 1.807) is 0 Å². The molecule has 0 spiro atoms. The second-order valence-corrected chi connectivity index (χ2v) is 4.67. The molecule has 10 heteroatoms. The maximum absolute atomic E-state index is 11.2. The van der Waals surface area contributed by atoms with Gasteiger partial charge in [0, 0.05) is 27.7 Å². The summed E-state index contributed by atoms with van der Waals surface area (Å²) in [7, 11) is 0. The van der Waals surface area contributed by atoms with Gasteiger partial charge in [-0.1, -0.05) is 0 Å². The molecule has 0 radical (unpaired) electrons. The van der Waals surface area contributed by atoms with Crippen molar-refractivity contribution in [2.75, 3.05) is 19.8 Å². The normalized spacial score (nSPS) is 14.0. The van der Waals surface area contributed by atoms with Gasteiger partial charge in [0.2, 0.25) is 6.29 Å². The lowest BCUT2D eigenvalue weighted by molar-refractivity contribution is -0.237. The number of carbonyl (C=O) groups is 4. The summed E-state index contributed by atoms with van der Waals surface area (Å²) in [4.78, 5) is 44.1. The molecule has 0 aliphatic rings. The van der Waals surface area contributed by atoms with Gasteiger partial charge in [-0.15, -0.1) is 0 Å². The van der Waals surface area contributed by atoms with Crippen LogP contribution in [0.25, 0.3) is 0 Å². The van der Waals surface area contributed by atoms with Gasteiger partial charge in [-0.3, -0.25) is 19.2 Å². The van der Waals surface area contributed by atoms with Gasteiger partial charge in [0.05, 0.1) is 6.61 Å². The predicted octanol–water partition coefficient (Wildman–Crippen LogP) is -0.689. The van der Waals surface area contributed by atoms with Crippen LogP contribution in [0.3, 0.4) is 0 Å². The van der Waals surface area contributed by atoms with Gasteiger partial charge in [-0.25, -0.2) is 0 Å². The summed E-state index contributed by atoms with van der Waals surface area (Å²) in [5.74, 6) is -2.73. The topological polar surface area (TPSA) is 135 Å². The van der Waals surface area contributed by atoms with Gasteiger partial charge < -0.3 is 28.8 Å². The van der Waals surface area contributed by atoms with Gasteiger partial charge in [0.25, 0.3) is 0 Å². The second kappa shape index (κ2) is 11.4. The van der Waals surface area contributed by atoms with Crippen molar-refractivity contribution in [2.45, 2.75) is 46.2 Å². The molecule has 0 saturated carbocycles. The number of hydrogen-bond donors (Lipinski definition) is 1. The van der Waals surface area contributed by atoms with Crippen molar-refractivity contribution in [1.82, 2.24) is 0 Å². The summed E-state index contributed by atoms with van der Waals surface area (Å²) >= 11 is 0. The Kier molecular flexibility index (Phi) is 10.3. The molecule has 2 unspecified atom stereocenters. The standard InChI is InChI=1S/C14H22O10/c1-8(16)20-6-12(5-15)24-14(23-11(4)19)13(22-10(3)18)7-21-9(2)17/h12-15H,5-7H2,1-4H3/t12?,13?,14-/m1/s1. The molecule has 0 heterocycles. The van der Waals surface area contributed by atoms with E-state index in [2.05, 4.69) is 0 Å². The summed E-state index contributed by atoms with van der Waals surface area (Å²) in [6.45, 7) is 3.19. The van der Waals surface area contributed by atoms with Crippen molar-refractivity contribution in [3.63, 3.8) is 0 Å². The quantitative estimate of drug-likeness (QED) is 0.306. The van der Waals surface area contributed by atoms with E-state index in [1.165, 1.54) is 6.92 Å². The van der Waals surface area contributed by atoms with Gasteiger partial charge in [0.1, 0.15) is 19.3 Å². The first-order valence-electron chi connectivity index (χ1n) is 7.03. The van der Waals surface area contributed by atoms with Crippen molar-refractivity contribution in [3.05, 3.63) is 0 Å². The molecule has 138 valence electrons. The fraction of sp³-hybridized carbons (Fsp3) is 0.714. The molecule has 0 fully saturated rings. The Morgan fingerprint density at radius 3 is 1.71 bits per heavy atom. The minimum atomic E-state index is -1.47. The highest BCUT2D eigenvalue weighted by Gasteiger charge is 2.32. The lowest BCUT2D eigenvalue weighted by Gasteiger charge is -2.28. The van der Waals surface area contributed by atoms with Crippen LogP contribution >= 0.6 is 0 Å². The van der Waals surface area contributed by atoms with Crippen molar-refractivity contribution in [3.8, 4) is 0 Å². The lowest BCUT2D eigenvalue weighted by Crippen LogP contribution is -2.44. The second-order valence-electron chi connectivity index (χ2n) is 4.67. The number of aliphatic hydroxyl groups is 1. The van der Waals surface area contributed by atoms with Crippen LogP contribution in [0.1, 0.15) is 27.7 Å². The molecule has 0 aliphatic heterocycles. The molecule has 24 heavy (non-hydrogen) atoms. The molecule has 3 atom stereocenters. The van der Waals surface area contributed by atoms with E-state index in [0.717, 1.165) is 20.8 Å². The van der Waals surface area contributed by atoms with E-state index in [1.807, 2.05) is 0 Å². The van der Waals surface area contributed by atoms with Gasteiger partial charge in [-0.05, 0) is 0 Å². The number of esters is 4. The third-order valence-electron chi connectivity index (χ3n) is 2.36. The highest BCUT2D eigenvalue weighted by Crippen LogP contribution is 2.12. The van der Waals surface area contributed by atoms with Crippen LogP contribution in [0.15, 0.2) is 0 Å². The Labute approximate surface area is 138 Å². The minimum absolute atomic E-state index is 0.316. The first-order valence-corrected chi connectivity index (χ1v) is 7.03. The van der Waals surface area contributed by atoms with Gasteiger partial charge in [0.15, 0.2) is 6.10 Å². The van der Waals surface area contributed by atoms with E-state index in [9.17, 15) is 24.3 Å². The average Bonchev–Trinajstić information content (AvgIpc) is 2.45. The van der Waals surface area contributed by atoms with Crippen molar-refractivity contribution in [1.29, 1.82) is 0 Å². The molecule has 0 aromatic rings. The van der Waals surface area contributed by atoms with Crippen LogP contribution < -0.4 is 0 Å². The molecule has 10 nitrogen and oxygen atoms in total. The smallest absolute Gasteiger partial charge is 0.305 e. The number of hydrogen-bond acceptors (Lipinski definition) is 10. The highest BCUT2D eigenvalue weighted by atomic mass is 16.7. The van der Waals surface area contributed by atoms with E-state index in [-0.39, 0.29) is 6.61 Å². The molecule has 0 amide bonds. The van der Waals surface area contributed by atoms with Crippen LogP contribution in [0.4, 0.5) is 0 Å². The summed E-state index contributed by atoms with van der Waals surface area (Å²) in [5.41, 5.74) is 0. The highest BCUT2D eigenvalue weighted by molar-refractivity contribution is 5.68. The Morgan fingerprint density at radius 2 is 1.29 bits per heavy atom. The zero-order chi connectivity index (χ0) is 18.7. The van der Waals surface area contributed by atoms with Crippen LogP contribution in [-0.2, 0) is 42.9 Å². The van der Waals surface area contributed by atoms with E-state index in [4.69, 9.17) is 23.7 Å². The monoisotopic (exact) mass is 350 g/mol. The van der Waals surface area contributed by atoms with Crippen molar-refractivity contribution in [2.24, 2.45) is 0 Å². The van der Waals surface area contributed by atoms with Crippen LogP contribution in [-0.4, -0.2) is 67.3 Å². The Balaban J connectivity index is 5.09. The summed E-state index contributed by atoms with van der Waals surface area (Å²) in [6, 6.07) is 0. The molecule has 1 N–H and O–H groups in total. The summed E-state index contributed by atoms with van der Waals surface area (Å²) in [6.07, 6.45) is -3.78. The van der Waals surface area contributed by atoms with Crippen molar-refractivity contribution >= 4 is 23.9 Å². The fourth-order valence-electron chi connectivity index (χ4n) is 1.47. The maximum Gasteiger partial charge on any atom is 0.305 e. The first-order chi connectivity index (χ1) is 11.1. The number of aliphatic hydroxyl groups excluding tert-OH is 1. The fourth-order valence-corrected chi connectivity index (χ4v) is 1.47. The lowest BCUT2D eigenvalue weighted by atomic mass is 10.3. The SMILES string of the molecule is CC(=O)OCC(CO)O[C@@H](OC(C)=O)C(COC(C)=O)OC(C)=O. The third-order valence-corrected chi connectivity index (χ3v) is 2.36. The maximum atomic E-state index is 11.2. The Morgan fingerprint density at radius 1 is 0.792 bits per heavy atom. The van der Waals surface area contributed by atoms with E-state index < -0.39 is 55.6 Å². The zero-order valence-electron chi connectivity index (χ0n) is 14.0. The molecular formula is C14H22O10. The molecular weight excluding hydrogens is 328 g/mol. The van der Waals surface area contributed by atoms with E-state index in [0.29, 0.717) is 0 Å². The van der Waals surface area contributed by atoms with Crippen LogP contribution in [0.5, 0.6) is 0 Å². The third kappa shape index (κ3) is 10.5. The summed E-state index contributed by atoms with van der Waals surface area (Å²) < 4.78 is 24.6. The van der Waals surface area contributed by atoms with Gasteiger partial charge >= 0.3 is 23.9 Å². The number of carbonyl (C=O) groups excluding carboxylic acids is 4. The van der Waals surface area contributed by atoms with E-state index >= 15 is 0 Å². The Bertz CT molecular complexity index is 447. The molecule has 0 aliphatic carbocycles. The molecule has 0 aromatic carbocycles. The summed E-state index contributed by atoms with van der Waals surface area (Å²) in [5, 5.41) is 9.25. The number of ether oxygens (including phenoxy) is 5. The number of rotatable bonds is 10. The van der Waals surface area contributed by atoms with Crippen molar-refractivity contribution < 1.29 is 48.0 Å². The predicted molar refractivity (Wildman–Crippen MR) is 76.3 cm³/mol. The minimum Gasteiger partial charge on any atom is -0.463 e. The average molecular weight is 350 g/mol. The Hall–Kier alpha value is -2.20. The largest absolute Gasteiger partial charge is 0.463 e. The first kappa shape index (κ1) is 21.8. The molecule has 0 saturated heterocycles. The molecule has 0 rings (SSSR count). The molecule has 0 aromatic heterocycles. The zero-order valence-corrected chi connectivity index (χ0v) is 14.0.